The predicted octanol–water partition coefficient (Wildman–Crippen LogP) is 10.1. The van der Waals surface area contributed by atoms with E-state index in [1.165, 1.54) is 31.0 Å². The van der Waals surface area contributed by atoms with Gasteiger partial charge in [-0.2, -0.15) is 0 Å². The zero-order chi connectivity index (χ0) is 35.6. The number of nitrogens with zero attached hydrogens (tertiary/aromatic N) is 5. The fraction of sp³-hybridized carbons (Fsp3) is 0.174. The molecular weight excluding hydrogens is 695 g/mol. The fourth-order valence-corrected chi connectivity index (χ4v) is 19.7. The average molecular weight is 736 g/mol. The minimum atomic E-state index is -4.10. The first kappa shape index (κ1) is 31.3. The Hall–Kier alpha value is -5.40. The number of benzene rings is 6. The van der Waals surface area contributed by atoms with Crippen molar-refractivity contribution in [2.24, 2.45) is 0 Å². The Morgan fingerprint density at radius 1 is 0.462 bits per heavy atom. The molecule has 8 aromatic rings. The number of fused-ring (bicyclic) bond motifs is 13. The van der Waals surface area contributed by atoms with Crippen molar-refractivity contribution in [3.63, 3.8) is 0 Å². The van der Waals surface area contributed by atoms with Gasteiger partial charge in [0.1, 0.15) is 0 Å². The number of imidazole rings is 2. The molecule has 254 valence electrons. The van der Waals surface area contributed by atoms with Gasteiger partial charge in [0.15, 0.2) is 0 Å². The summed E-state index contributed by atoms with van der Waals surface area (Å²) in [4.78, 5) is 13.6. The molecule has 0 radical (unpaired) electrons. The molecule has 0 unspecified atom stereocenters. The topological polar surface area (TPSA) is 38.9 Å². The molecule has 0 fully saturated rings. The van der Waals surface area contributed by atoms with Crippen LogP contribution in [0.25, 0.3) is 44.3 Å². The molecule has 52 heavy (non-hydrogen) atoms. The van der Waals surface area contributed by atoms with Crippen LogP contribution in [0, 0.1) is 0 Å². The molecular formula is C46H41GeN5. The van der Waals surface area contributed by atoms with E-state index in [-0.39, 0.29) is 10.8 Å². The molecule has 0 atom stereocenters. The van der Waals surface area contributed by atoms with Crippen LogP contribution in [0.1, 0.15) is 52.7 Å². The van der Waals surface area contributed by atoms with Crippen LogP contribution in [-0.4, -0.2) is 30.7 Å². The first-order chi connectivity index (χ1) is 25.1. The molecule has 0 aliphatic carbocycles. The van der Waals surface area contributed by atoms with E-state index in [2.05, 4.69) is 193 Å². The molecule has 1 spiro atoms. The zero-order valence-corrected chi connectivity index (χ0v) is 32.6. The van der Waals surface area contributed by atoms with Gasteiger partial charge in [0, 0.05) is 0 Å². The van der Waals surface area contributed by atoms with Gasteiger partial charge in [-0.05, 0) is 0 Å². The van der Waals surface area contributed by atoms with Crippen LogP contribution in [0.15, 0.2) is 140 Å². The molecule has 0 saturated heterocycles. The van der Waals surface area contributed by atoms with Gasteiger partial charge < -0.3 is 0 Å². The molecule has 4 heterocycles. The van der Waals surface area contributed by atoms with Crippen LogP contribution in [0.3, 0.4) is 0 Å². The summed E-state index contributed by atoms with van der Waals surface area (Å²) in [6.45, 7) is 14.0. The SMILES string of the molecule is CC(C)(C)c1ccc2[c](c1)[Ge]1([c]3cc(C(C)(C)C)ccc3-2)[n]2c(nc3ccccc32)N(c2ccccc2-c2ccccc2)c2nc3ccccc3[n]21. The molecule has 2 aliphatic rings. The second kappa shape index (κ2) is 10.8. The Bertz CT molecular complexity index is 2580. The van der Waals surface area contributed by atoms with Gasteiger partial charge in [-0.15, -0.1) is 0 Å². The molecule has 6 aromatic carbocycles. The number of para-hydroxylation sites is 5. The summed E-state index contributed by atoms with van der Waals surface area (Å²) in [6.07, 6.45) is 0. The van der Waals surface area contributed by atoms with Gasteiger partial charge in [0.25, 0.3) is 0 Å². The number of aromatic nitrogens is 4. The van der Waals surface area contributed by atoms with Crippen molar-refractivity contribution in [3.05, 3.63) is 151 Å². The van der Waals surface area contributed by atoms with Gasteiger partial charge >= 0.3 is 309 Å². The third-order valence-corrected chi connectivity index (χ3v) is 20.6. The summed E-state index contributed by atoms with van der Waals surface area (Å²) in [7, 11) is 0. The molecule has 10 rings (SSSR count). The second-order valence-corrected chi connectivity index (χ2v) is 23.3. The van der Waals surface area contributed by atoms with E-state index in [9.17, 15) is 0 Å². The molecule has 0 saturated carbocycles. The van der Waals surface area contributed by atoms with E-state index < -0.39 is 13.7 Å². The van der Waals surface area contributed by atoms with E-state index in [4.69, 9.17) is 9.97 Å². The molecule has 0 amide bonds. The van der Waals surface area contributed by atoms with Gasteiger partial charge in [-0.25, -0.2) is 0 Å². The van der Waals surface area contributed by atoms with Gasteiger partial charge in [0.2, 0.25) is 0 Å². The molecule has 0 bridgehead atoms. The molecule has 2 aliphatic heterocycles. The van der Waals surface area contributed by atoms with Crippen LogP contribution >= 0.6 is 0 Å². The normalized spacial score (nSPS) is 14.5. The van der Waals surface area contributed by atoms with Crippen LogP contribution in [0.4, 0.5) is 17.6 Å². The summed E-state index contributed by atoms with van der Waals surface area (Å²) in [5.41, 5.74) is 12.9. The second-order valence-electron chi connectivity index (χ2n) is 16.4. The Morgan fingerprint density at radius 2 is 0.923 bits per heavy atom. The monoisotopic (exact) mass is 737 g/mol. The minimum absolute atomic E-state index is 0.0290. The van der Waals surface area contributed by atoms with Crippen molar-refractivity contribution in [1.29, 1.82) is 0 Å². The van der Waals surface area contributed by atoms with E-state index in [1.54, 1.807) is 0 Å². The van der Waals surface area contributed by atoms with Gasteiger partial charge in [-0.1, -0.05) is 0 Å². The Labute approximate surface area is 308 Å². The van der Waals surface area contributed by atoms with Gasteiger partial charge in [-0.3, -0.25) is 0 Å². The van der Waals surface area contributed by atoms with Crippen molar-refractivity contribution >= 4 is 62.2 Å². The van der Waals surface area contributed by atoms with E-state index >= 15 is 0 Å². The van der Waals surface area contributed by atoms with Crippen LogP contribution in [0.5, 0.6) is 0 Å². The van der Waals surface area contributed by atoms with Crippen LogP contribution in [0.2, 0.25) is 0 Å². The quantitative estimate of drug-likeness (QED) is 0.166. The Kier molecular flexibility index (Phi) is 6.52. The summed E-state index contributed by atoms with van der Waals surface area (Å²) in [5.74, 6) is 1.85. The zero-order valence-electron chi connectivity index (χ0n) is 30.5. The molecule has 2 aromatic heterocycles. The van der Waals surface area contributed by atoms with Crippen molar-refractivity contribution in [2.45, 2.75) is 52.4 Å². The number of hydrogen-bond donors (Lipinski definition) is 0. The summed E-state index contributed by atoms with van der Waals surface area (Å²) >= 11 is -4.10. The van der Waals surface area contributed by atoms with Gasteiger partial charge in [0.05, 0.1) is 0 Å². The van der Waals surface area contributed by atoms with E-state index in [1.807, 2.05) is 0 Å². The predicted molar refractivity (Wildman–Crippen MR) is 218 cm³/mol. The Morgan fingerprint density at radius 3 is 1.44 bits per heavy atom. The first-order valence-electron chi connectivity index (χ1n) is 18.3. The van der Waals surface area contributed by atoms with Crippen LogP contribution < -0.4 is 13.7 Å². The van der Waals surface area contributed by atoms with Crippen molar-refractivity contribution in [1.82, 2.24) is 17.0 Å². The first-order valence-corrected chi connectivity index (χ1v) is 22.3. The van der Waals surface area contributed by atoms with Crippen LogP contribution in [-0.2, 0) is 10.8 Å². The number of anilines is 3. The summed E-state index contributed by atoms with van der Waals surface area (Å²) < 4.78 is 8.28. The fourth-order valence-electron chi connectivity index (χ4n) is 8.59. The standard InChI is InChI=1S/C46H41GeN5/c1-45(2,3)31-24-26-34-35-27-25-32(46(4,5)6)29-37(35)47(36(34)28-31)51-41-22-14-11-19-38(41)48-43(51)50(44-49-39-20-12-15-23-42(39)52(44)47)40-21-13-10-18-33(40)30-16-8-7-9-17-30/h7-29H,1-6H3. The van der Waals surface area contributed by atoms with Crippen molar-refractivity contribution < 1.29 is 0 Å². The molecule has 6 heteroatoms. The van der Waals surface area contributed by atoms with Crippen molar-refractivity contribution in [2.75, 3.05) is 4.90 Å². The van der Waals surface area contributed by atoms with E-state index in [0.29, 0.717) is 0 Å². The summed E-state index contributed by atoms with van der Waals surface area (Å²) in [6, 6.07) is 51.5. The molecule has 5 nitrogen and oxygen atoms in total. The number of rotatable bonds is 2. The third kappa shape index (κ3) is 4.23. The van der Waals surface area contributed by atoms with E-state index in [0.717, 1.165) is 50.8 Å². The maximum atomic E-state index is 5.60. The third-order valence-electron chi connectivity index (χ3n) is 11.2. The summed E-state index contributed by atoms with van der Waals surface area (Å²) in [5, 5.41) is 0. The van der Waals surface area contributed by atoms with Crippen molar-refractivity contribution in [3.8, 4) is 22.3 Å². The maximum absolute atomic E-state index is 5.60. The number of hydrogen-bond acceptors (Lipinski definition) is 3. The molecule has 0 N–H and O–H groups in total. The average Bonchev–Trinajstić information content (AvgIpc) is 3.80. The Balaban J connectivity index is 1.43.